The number of hydrogen-bond acceptors (Lipinski definition) is 4. The molecule has 3 nitrogen and oxygen atoms in total. The van der Waals surface area contributed by atoms with Crippen LogP contribution in [0.15, 0.2) is 12.1 Å². The molecule has 0 N–H and O–H groups in total. The Kier molecular flexibility index (Phi) is 4.72. The van der Waals surface area contributed by atoms with Gasteiger partial charge in [-0.2, -0.15) is 0 Å². The van der Waals surface area contributed by atoms with Crippen LogP contribution in [0, 0.1) is 12.8 Å². The summed E-state index contributed by atoms with van der Waals surface area (Å²) in [7, 11) is 1.60. The zero-order valence-electron chi connectivity index (χ0n) is 10.6. The van der Waals surface area contributed by atoms with E-state index in [1.165, 1.54) is 4.88 Å². The largest absolute Gasteiger partial charge is 0.340 e. The number of thiophene rings is 1. The second-order valence-electron chi connectivity index (χ2n) is 4.80. The highest BCUT2D eigenvalue weighted by Crippen LogP contribution is 2.24. The number of nitrogens with zero attached hydrogens (tertiary/aromatic N) is 1. The quantitative estimate of drug-likeness (QED) is 0.463. The zero-order valence-corrected chi connectivity index (χ0v) is 11.4. The third-order valence-corrected chi connectivity index (χ3v) is 4.45. The van der Waals surface area contributed by atoms with Crippen LogP contribution in [0.1, 0.15) is 33.8 Å². The van der Waals surface area contributed by atoms with Crippen LogP contribution in [0.25, 0.3) is 0 Å². The molecule has 2 heterocycles. The van der Waals surface area contributed by atoms with E-state index in [-0.39, 0.29) is 5.78 Å². The summed E-state index contributed by atoms with van der Waals surface area (Å²) in [6.45, 7) is 3.80. The Labute approximate surface area is 112 Å². The van der Waals surface area contributed by atoms with E-state index in [0.717, 1.165) is 37.0 Å². The molecule has 0 amide bonds. The van der Waals surface area contributed by atoms with Gasteiger partial charge in [0, 0.05) is 11.3 Å². The van der Waals surface area contributed by atoms with Crippen LogP contribution < -0.4 is 0 Å². The minimum atomic E-state index is 0.269. The van der Waals surface area contributed by atoms with Gasteiger partial charge in [0.05, 0.1) is 11.1 Å². The highest BCUT2D eigenvalue weighted by molar-refractivity contribution is 7.14. The molecule has 5 heteroatoms. The maximum Gasteiger partial charge on any atom is 0.293 e. The number of ketones is 1. The Morgan fingerprint density at radius 3 is 2.78 bits per heavy atom. The lowest BCUT2D eigenvalue weighted by Gasteiger charge is -2.30. The molecule has 95 valence electrons. The topological polar surface area (TPSA) is 37.4 Å². The van der Waals surface area contributed by atoms with Crippen molar-refractivity contribution in [2.45, 2.75) is 26.2 Å². The first-order valence-corrected chi connectivity index (χ1v) is 7.13. The Balaban J connectivity index is 1.81. The van der Waals surface area contributed by atoms with Crippen LogP contribution in [0.3, 0.4) is 0 Å². The van der Waals surface area contributed by atoms with E-state index in [2.05, 4.69) is 0 Å². The maximum absolute atomic E-state index is 12.1. The van der Waals surface area contributed by atoms with Crippen LogP contribution in [0.5, 0.6) is 0 Å². The van der Waals surface area contributed by atoms with E-state index >= 15 is 0 Å². The molecule has 1 aromatic heterocycles. The van der Waals surface area contributed by atoms with Crippen molar-refractivity contribution in [1.29, 1.82) is 0 Å². The van der Waals surface area contributed by atoms with E-state index < -0.39 is 0 Å². The molecule has 0 spiro atoms. The first-order chi connectivity index (χ1) is 8.69. The van der Waals surface area contributed by atoms with Gasteiger partial charge in [0.15, 0.2) is 5.78 Å². The van der Waals surface area contributed by atoms with E-state index in [1.54, 1.807) is 18.8 Å². The van der Waals surface area contributed by atoms with Gasteiger partial charge >= 0.3 is 0 Å². The van der Waals surface area contributed by atoms with Gasteiger partial charge in [-0.25, -0.2) is 0 Å². The van der Waals surface area contributed by atoms with E-state index in [0.29, 0.717) is 12.3 Å². The van der Waals surface area contributed by atoms with Gasteiger partial charge in [-0.3, -0.25) is 4.79 Å². The standard InChI is InChI=1S/C13H17BNO2S/c1-10-2-3-13(18-10)12(17)8-11-4-6-15(7-5-11)14-9-16/h2-3,9,11H,4-8H2,1H3. The first kappa shape index (κ1) is 13.5. The Bertz CT molecular complexity index is 424. The predicted octanol–water partition coefficient (Wildman–Crippen LogP) is 2.15. The third kappa shape index (κ3) is 3.53. The number of carbonyl (C=O) groups is 2. The number of piperidine rings is 1. The maximum atomic E-state index is 12.1. The van der Waals surface area contributed by atoms with Crippen LogP contribution in [-0.2, 0) is 4.79 Å². The summed E-state index contributed by atoms with van der Waals surface area (Å²) in [5, 5.41) is 0. The molecule has 2 rings (SSSR count). The first-order valence-electron chi connectivity index (χ1n) is 6.31. The molecule has 18 heavy (non-hydrogen) atoms. The van der Waals surface area contributed by atoms with Crippen LogP contribution in [-0.4, -0.2) is 37.3 Å². The summed E-state index contributed by atoms with van der Waals surface area (Å²) in [5.74, 6) is 0.738. The van der Waals surface area contributed by atoms with Crippen molar-refractivity contribution in [3.63, 3.8) is 0 Å². The van der Waals surface area contributed by atoms with Gasteiger partial charge in [0.1, 0.15) is 0 Å². The molecule has 0 aliphatic carbocycles. The van der Waals surface area contributed by atoms with Crippen molar-refractivity contribution >= 4 is 30.7 Å². The van der Waals surface area contributed by atoms with Gasteiger partial charge in [-0.1, -0.05) is 0 Å². The lowest BCUT2D eigenvalue weighted by Crippen LogP contribution is -2.37. The normalized spacial score (nSPS) is 17.6. The van der Waals surface area contributed by atoms with E-state index in [9.17, 15) is 9.59 Å². The summed E-state index contributed by atoms with van der Waals surface area (Å²) >= 11 is 1.58. The third-order valence-electron chi connectivity index (χ3n) is 3.41. The van der Waals surface area contributed by atoms with Crippen molar-refractivity contribution in [3.05, 3.63) is 21.9 Å². The second-order valence-corrected chi connectivity index (χ2v) is 6.09. The van der Waals surface area contributed by atoms with Gasteiger partial charge in [-0.05, 0) is 50.9 Å². The molecule has 0 saturated carbocycles. The minimum absolute atomic E-state index is 0.269. The van der Waals surface area contributed by atoms with Crippen molar-refractivity contribution in [3.8, 4) is 0 Å². The van der Waals surface area contributed by atoms with Crippen LogP contribution in [0.2, 0.25) is 0 Å². The zero-order chi connectivity index (χ0) is 13.0. The summed E-state index contributed by atoms with van der Waals surface area (Å²) in [6, 6.07) is 3.93. The average Bonchev–Trinajstić information content (AvgIpc) is 2.79. The molecule has 1 aliphatic rings. The Morgan fingerprint density at radius 1 is 1.50 bits per heavy atom. The van der Waals surface area contributed by atoms with Crippen molar-refractivity contribution in [1.82, 2.24) is 4.81 Å². The Hall–Kier alpha value is -0.935. The molecule has 1 radical (unpaired) electrons. The molecule has 0 bridgehead atoms. The fourth-order valence-corrected chi connectivity index (χ4v) is 3.16. The molecular formula is C13H17BNO2S. The molecule has 1 aliphatic heterocycles. The number of carbonyl (C=O) groups excluding carboxylic acids is 2. The Morgan fingerprint density at radius 2 is 2.22 bits per heavy atom. The lowest BCUT2D eigenvalue weighted by molar-refractivity contribution is 0.0949. The van der Waals surface area contributed by atoms with Crippen LogP contribution in [0.4, 0.5) is 0 Å². The summed E-state index contributed by atoms with van der Waals surface area (Å²) in [4.78, 5) is 26.5. The monoisotopic (exact) mass is 262 g/mol. The number of Topliss-reactive ketones (excluding diaryl/α,β-unsaturated/α-hetero) is 1. The number of rotatable bonds is 5. The highest BCUT2D eigenvalue weighted by atomic mass is 32.1. The predicted molar refractivity (Wildman–Crippen MR) is 74.8 cm³/mol. The number of hydrogen-bond donors (Lipinski definition) is 0. The fraction of sp³-hybridized carbons (Fsp3) is 0.538. The SMILES string of the molecule is Cc1ccc(C(=O)CC2CCN([B]C=O)CC2)s1. The molecular weight excluding hydrogens is 245 g/mol. The summed E-state index contributed by atoms with van der Waals surface area (Å²) < 4.78 is 0. The smallest absolute Gasteiger partial charge is 0.293 e. The number of aryl methyl sites for hydroxylation is 1. The molecule has 0 aromatic carbocycles. The summed E-state index contributed by atoms with van der Waals surface area (Å²) in [6.07, 6.45) is 3.48. The fourth-order valence-electron chi connectivity index (χ4n) is 2.34. The molecule has 0 unspecified atom stereocenters. The van der Waals surface area contributed by atoms with Gasteiger partial charge in [0.25, 0.3) is 7.41 Å². The van der Waals surface area contributed by atoms with Crippen LogP contribution >= 0.6 is 11.3 Å². The molecule has 1 aromatic rings. The van der Waals surface area contributed by atoms with E-state index in [1.807, 2.05) is 23.9 Å². The van der Waals surface area contributed by atoms with Crippen molar-refractivity contribution < 1.29 is 9.59 Å². The highest BCUT2D eigenvalue weighted by Gasteiger charge is 2.22. The van der Waals surface area contributed by atoms with Gasteiger partial charge < -0.3 is 9.61 Å². The minimum Gasteiger partial charge on any atom is -0.340 e. The van der Waals surface area contributed by atoms with Crippen molar-refractivity contribution in [2.75, 3.05) is 13.1 Å². The summed E-state index contributed by atoms with van der Waals surface area (Å²) in [5.41, 5.74) is 0. The van der Waals surface area contributed by atoms with Crippen molar-refractivity contribution in [2.24, 2.45) is 5.92 Å². The average molecular weight is 262 g/mol. The lowest BCUT2D eigenvalue weighted by atomic mass is 9.85. The molecule has 0 atom stereocenters. The molecule has 1 fully saturated rings. The molecule has 1 saturated heterocycles. The second kappa shape index (κ2) is 6.30. The van der Waals surface area contributed by atoms with Gasteiger partial charge in [0.2, 0.25) is 0 Å². The van der Waals surface area contributed by atoms with E-state index in [4.69, 9.17) is 0 Å². The van der Waals surface area contributed by atoms with Gasteiger partial charge in [-0.15, -0.1) is 11.3 Å².